The first-order chi connectivity index (χ1) is 15.4. The van der Waals surface area contributed by atoms with Crippen LogP contribution in [0.1, 0.15) is 49.1 Å². The quantitative estimate of drug-likeness (QED) is 0.484. The normalized spacial score (nSPS) is 17.5. The first-order valence-corrected chi connectivity index (χ1v) is 11.8. The number of rotatable bonds is 3. The number of fused-ring (bicyclic) bond motifs is 3. The molecule has 2 aliphatic rings. The second kappa shape index (κ2) is 8.06. The molecule has 0 aromatic heterocycles. The van der Waals surface area contributed by atoms with Gasteiger partial charge in [-0.2, -0.15) is 0 Å². The third-order valence-corrected chi connectivity index (χ3v) is 6.78. The molecular weight excluding hydrogens is 414 g/mol. The summed E-state index contributed by atoms with van der Waals surface area (Å²) in [5, 5.41) is 0.686. The fourth-order valence-corrected chi connectivity index (χ4v) is 4.90. The lowest BCUT2D eigenvalue weighted by Gasteiger charge is -2.25. The Labute approximate surface area is 193 Å². The lowest BCUT2D eigenvalue weighted by atomic mass is 9.87. The monoisotopic (exact) mass is 439 g/mol. The van der Waals surface area contributed by atoms with Crippen LogP contribution in [0.25, 0.3) is 0 Å². The number of carbonyl (C=O) groups excluding carboxylic acids is 1. The minimum absolute atomic E-state index is 0.0463. The van der Waals surface area contributed by atoms with Crippen LogP contribution in [-0.4, -0.2) is 21.8 Å². The number of para-hydroxylation sites is 1. The van der Waals surface area contributed by atoms with Crippen LogP contribution < -0.4 is 0 Å². The van der Waals surface area contributed by atoms with E-state index in [1.165, 1.54) is 11.1 Å². The third kappa shape index (κ3) is 3.78. The molecule has 0 radical (unpaired) electrons. The fraction of sp³-hybridized carbons (Fsp3) is 0.222. The molecule has 1 atom stereocenters. The highest BCUT2D eigenvalue weighted by Gasteiger charge is 2.41. The Kier molecular flexibility index (Phi) is 5.22. The predicted molar refractivity (Wildman–Crippen MR) is 133 cm³/mol. The van der Waals surface area contributed by atoms with Gasteiger partial charge in [-0.05, 0) is 34.2 Å². The summed E-state index contributed by atoms with van der Waals surface area (Å²) in [6, 6.07) is 25.8. The maximum atomic E-state index is 13.4. The molecule has 1 amide bonds. The molecule has 2 heterocycles. The van der Waals surface area contributed by atoms with Gasteiger partial charge in [-0.25, -0.2) is 14.9 Å². The van der Waals surface area contributed by atoms with Crippen LogP contribution in [0.5, 0.6) is 0 Å². The highest BCUT2D eigenvalue weighted by molar-refractivity contribution is 8.13. The van der Waals surface area contributed by atoms with Gasteiger partial charge in [-0.15, -0.1) is 0 Å². The number of hydrogen-bond donors (Lipinski definition) is 0. The van der Waals surface area contributed by atoms with Crippen molar-refractivity contribution in [1.29, 1.82) is 0 Å². The van der Waals surface area contributed by atoms with Crippen molar-refractivity contribution < 1.29 is 4.79 Å². The molecule has 2 aliphatic heterocycles. The lowest BCUT2D eigenvalue weighted by molar-refractivity contribution is -0.124. The summed E-state index contributed by atoms with van der Waals surface area (Å²) < 4.78 is 0. The standard InChI is InChI=1S/C27H25N3OS/c1-27(2,3)20-15-13-18(14-16-20)17-32-26-28-22-12-8-7-11-21(22)24-29-23(25(31)30(24)26)19-9-5-4-6-10-19/h4-16,23H,17H2,1-3H3/t23-/m0/s1. The highest BCUT2D eigenvalue weighted by Crippen LogP contribution is 2.38. The summed E-state index contributed by atoms with van der Waals surface area (Å²) in [5.41, 5.74) is 5.30. The second-order valence-corrected chi connectivity index (χ2v) is 10.0. The van der Waals surface area contributed by atoms with Crippen molar-refractivity contribution in [2.24, 2.45) is 9.98 Å². The number of amidine groups is 2. The molecule has 0 bridgehead atoms. The molecule has 5 rings (SSSR count). The molecule has 4 nitrogen and oxygen atoms in total. The van der Waals surface area contributed by atoms with Crippen molar-refractivity contribution in [1.82, 2.24) is 4.90 Å². The van der Waals surface area contributed by atoms with E-state index in [4.69, 9.17) is 9.98 Å². The topological polar surface area (TPSA) is 45.0 Å². The number of carbonyl (C=O) groups is 1. The van der Waals surface area contributed by atoms with Crippen LogP contribution in [0.2, 0.25) is 0 Å². The first kappa shape index (κ1) is 20.7. The fourth-order valence-electron chi connectivity index (χ4n) is 3.95. The number of hydrogen-bond acceptors (Lipinski definition) is 4. The van der Waals surface area contributed by atoms with Crippen molar-refractivity contribution in [2.75, 3.05) is 0 Å². The molecule has 160 valence electrons. The summed E-state index contributed by atoms with van der Waals surface area (Å²) in [4.78, 5) is 24.8. The largest absolute Gasteiger partial charge is 0.271 e. The van der Waals surface area contributed by atoms with Crippen molar-refractivity contribution in [3.8, 4) is 0 Å². The maximum absolute atomic E-state index is 13.4. The number of amides is 1. The smallest absolute Gasteiger partial charge is 0.263 e. The average molecular weight is 440 g/mol. The zero-order valence-electron chi connectivity index (χ0n) is 18.4. The van der Waals surface area contributed by atoms with Crippen LogP contribution in [0.4, 0.5) is 5.69 Å². The van der Waals surface area contributed by atoms with Crippen LogP contribution in [0.15, 0.2) is 88.8 Å². The average Bonchev–Trinajstić information content (AvgIpc) is 3.15. The molecule has 32 heavy (non-hydrogen) atoms. The van der Waals surface area contributed by atoms with Gasteiger partial charge in [-0.3, -0.25) is 4.79 Å². The Morgan fingerprint density at radius 1 is 0.906 bits per heavy atom. The summed E-state index contributed by atoms with van der Waals surface area (Å²) in [6.45, 7) is 6.65. The van der Waals surface area contributed by atoms with E-state index in [2.05, 4.69) is 45.0 Å². The van der Waals surface area contributed by atoms with E-state index in [9.17, 15) is 4.79 Å². The minimum Gasteiger partial charge on any atom is -0.271 e. The van der Waals surface area contributed by atoms with Crippen LogP contribution in [-0.2, 0) is 16.0 Å². The molecule has 0 unspecified atom stereocenters. The highest BCUT2D eigenvalue weighted by atomic mass is 32.2. The summed E-state index contributed by atoms with van der Waals surface area (Å²) in [6.07, 6.45) is 0. The van der Waals surface area contributed by atoms with Crippen LogP contribution >= 0.6 is 11.8 Å². The molecule has 0 N–H and O–H groups in total. The van der Waals surface area contributed by atoms with Gasteiger partial charge in [0.15, 0.2) is 11.2 Å². The van der Waals surface area contributed by atoms with E-state index in [-0.39, 0.29) is 11.3 Å². The van der Waals surface area contributed by atoms with Crippen LogP contribution in [0.3, 0.4) is 0 Å². The third-order valence-electron chi connectivity index (χ3n) is 5.77. The summed E-state index contributed by atoms with van der Waals surface area (Å²) >= 11 is 1.58. The van der Waals surface area contributed by atoms with Gasteiger partial charge in [0.1, 0.15) is 5.84 Å². The van der Waals surface area contributed by atoms with Gasteiger partial charge in [-0.1, -0.05) is 99.3 Å². The first-order valence-electron chi connectivity index (χ1n) is 10.8. The Morgan fingerprint density at radius 2 is 1.59 bits per heavy atom. The second-order valence-electron chi connectivity index (χ2n) is 9.09. The maximum Gasteiger partial charge on any atom is 0.263 e. The summed E-state index contributed by atoms with van der Waals surface area (Å²) in [7, 11) is 0. The van der Waals surface area contributed by atoms with Crippen molar-refractivity contribution >= 4 is 34.4 Å². The van der Waals surface area contributed by atoms with Gasteiger partial charge >= 0.3 is 0 Å². The Morgan fingerprint density at radius 3 is 2.31 bits per heavy atom. The Bertz CT molecular complexity index is 1220. The number of aliphatic imine (C=N–C) groups is 2. The van der Waals surface area contributed by atoms with Gasteiger partial charge in [0.2, 0.25) is 0 Å². The summed E-state index contributed by atoms with van der Waals surface area (Å²) in [5.74, 6) is 1.38. The SMILES string of the molecule is CC(C)(C)c1ccc(CSC2=Nc3ccccc3C3=N[C@@H](c4ccccc4)C(=O)N23)cc1. The zero-order valence-corrected chi connectivity index (χ0v) is 19.3. The molecule has 5 heteroatoms. The van der Waals surface area contributed by atoms with Gasteiger partial charge in [0.05, 0.1) is 5.69 Å². The van der Waals surface area contributed by atoms with Gasteiger partial charge in [0, 0.05) is 11.3 Å². The molecular formula is C27H25N3OS. The molecule has 0 aliphatic carbocycles. The Balaban J connectivity index is 1.45. The molecule has 0 saturated heterocycles. The Hall–Kier alpha value is -3.18. The molecule has 3 aromatic carbocycles. The van der Waals surface area contributed by atoms with Crippen LogP contribution in [0, 0.1) is 0 Å². The van der Waals surface area contributed by atoms with Crippen molar-refractivity contribution in [2.45, 2.75) is 38.0 Å². The van der Waals surface area contributed by atoms with E-state index >= 15 is 0 Å². The van der Waals surface area contributed by atoms with E-state index in [0.29, 0.717) is 11.0 Å². The predicted octanol–water partition coefficient (Wildman–Crippen LogP) is 6.25. The molecule has 0 saturated carbocycles. The van der Waals surface area contributed by atoms with E-state index in [1.807, 2.05) is 54.6 Å². The molecule has 0 spiro atoms. The minimum atomic E-state index is -0.533. The van der Waals surface area contributed by atoms with Gasteiger partial charge < -0.3 is 0 Å². The number of nitrogens with zero attached hydrogens (tertiary/aromatic N) is 3. The van der Waals surface area contributed by atoms with Crippen molar-refractivity contribution in [3.63, 3.8) is 0 Å². The number of thioether (sulfide) groups is 1. The van der Waals surface area contributed by atoms with E-state index in [1.54, 1.807) is 16.7 Å². The molecule has 0 fully saturated rings. The van der Waals surface area contributed by atoms with Gasteiger partial charge in [0.25, 0.3) is 5.91 Å². The van der Waals surface area contributed by atoms with E-state index in [0.717, 1.165) is 22.6 Å². The number of benzene rings is 3. The lowest BCUT2D eigenvalue weighted by Crippen LogP contribution is -2.39. The molecule has 3 aromatic rings. The van der Waals surface area contributed by atoms with Crippen molar-refractivity contribution in [3.05, 3.63) is 101 Å². The van der Waals surface area contributed by atoms with E-state index < -0.39 is 6.04 Å². The zero-order chi connectivity index (χ0) is 22.3.